The van der Waals surface area contributed by atoms with Crippen LogP contribution >= 0.6 is 11.3 Å². The number of rotatable bonds is 2. The maximum atomic E-state index is 10.8. The second-order valence-electron chi connectivity index (χ2n) is 3.74. The van der Waals surface area contributed by atoms with Gasteiger partial charge in [-0.2, -0.15) is 0 Å². The van der Waals surface area contributed by atoms with Gasteiger partial charge in [-0.05, 0) is 24.9 Å². The van der Waals surface area contributed by atoms with Crippen molar-refractivity contribution in [2.75, 3.05) is 13.6 Å². The fourth-order valence-electron chi connectivity index (χ4n) is 1.99. The Balaban J connectivity index is 2.12. The first-order chi connectivity index (χ1) is 6.68. The molecule has 0 unspecified atom stereocenters. The average molecular weight is 211 g/mol. The maximum absolute atomic E-state index is 10.8. The Morgan fingerprint density at radius 2 is 2.50 bits per heavy atom. The van der Waals surface area contributed by atoms with E-state index in [2.05, 4.69) is 11.0 Å². The van der Waals surface area contributed by atoms with Gasteiger partial charge in [-0.3, -0.25) is 9.69 Å². The van der Waals surface area contributed by atoms with Gasteiger partial charge in [-0.1, -0.05) is 6.07 Å². The molecule has 0 saturated carbocycles. The summed E-state index contributed by atoms with van der Waals surface area (Å²) in [6.07, 6.45) is 0.742. The molecule has 2 rings (SSSR count). The van der Waals surface area contributed by atoms with Crippen LogP contribution in [0, 0.1) is 5.92 Å². The van der Waals surface area contributed by atoms with Crippen molar-refractivity contribution < 1.29 is 9.90 Å². The first-order valence-electron chi connectivity index (χ1n) is 4.65. The Morgan fingerprint density at radius 1 is 1.71 bits per heavy atom. The standard InChI is InChI=1S/C10H13NO2S/c1-11-6-7(10(12)13)5-8(11)9-3-2-4-14-9/h2-4,7-8H,5-6H2,1H3,(H,12,13)/t7-,8-/m0/s1. The molecule has 2 heterocycles. The Bertz CT molecular complexity index is 323. The van der Waals surface area contributed by atoms with Crippen LogP contribution in [-0.2, 0) is 4.79 Å². The van der Waals surface area contributed by atoms with Gasteiger partial charge in [0.25, 0.3) is 0 Å². The summed E-state index contributed by atoms with van der Waals surface area (Å²) in [5, 5.41) is 11.0. The van der Waals surface area contributed by atoms with Crippen molar-refractivity contribution in [2.24, 2.45) is 5.92 Å². The first kappa shape index (κ1) is 9.68. The summed E-state index contributed by atoms with van der Waals surface area (Å²) in [6.45, 7) is 0.665. The van der Waals surface area contributed by atoms with Crippen LogP contribution in [0.25, 0.3) is 0 Å². The van der Waals surface area contributed by atoms with Gasteiger partial charge < -0.3 is 5.11 Å². The molecule has 0 aromatic carbocycles. The van der Waals surface area contributed by atoms with Crippen molar-refractivity contribution in [3.63, 3.8) is 0 Å². The summed E-state index contributed by atoms with van der Waals surface area (Å²) in [6, 6.07) is 4.40. The lowest BCUT2D eigenvalue weighted by Crippen LogP contribution is -2.20. The minimum absolute atomic E-state index is 0.202. The normalized spacial score (nSPS) is 28.1. The zero-order valence-electron chi connectivity index (χ0n) is 8.01. The Morgan fingerprint density at radius 3 is 3.00 bits per heavy atom. The zero-order chi connectivity index (χ0) is 10.1. The van der Waals surface area contributed by atoms with E-state index in [1.807, 2.05) is 18.5 Å². The Kier molecular flexibility index (Phi) is 2.56. The fourth-order valence-corrected chi connectivity index (χ4v) is 2.90. The summed E-state index contributed by atoms with van der Waals surface area (Å²) in [4.78, 5) is 14.2. The van der Waals surface area contributed by atoms with E-state index in [0.717, 1.165) is 6.42 Å². The van der Waals surface area contributed by atoms with E-state index >= 15 is 0 Å². The zero-order valence-corrected chi connectivity index (χ0v) is 8.83. The minimum atomic E-state index is -0.670. The third-order valence-corrected chi connectivity index (χ3v) is 3.74. The lowest BCUT2D eigenvalue weighted by Gasteiger charge is -2.16. The number of nitrogens with zero attached hydrogens (tertiary/aromatic N) is 1. The van der Waals surface area contributed by atoms with Crippen LogP contribution in [-0.4, -0.2) is 29.6 Å². The second kappa shape index (κ2) is 3.71. The average Bonchev–Trinajstić information content (AvgIpc) is 2.71. The van der Waals surface area contributed by atoms with Crippen LogP contribution < -0.4 is 0 Å². The highest BCUT2D eigenvalue weighted by Gasteiger charge is 2.34. The quantitative estimate of drug-likeness (QED) is 0.811. The molecule has 0 aliphatic carbocycles. The number of thiophene rings is 1. The highest BCUT2D eigenvalue weighted by Crippen LogP contribution is 2.36. The summed E-state index contributed by atoms with van der Waals surface area (Å²) >= 11 is 1.70. The monoisotopic (exact) mass is 211 g/mol. The minimum Gasteiger partial charge on any atom is -0.481 e. The molecule has 1 aliphatic heterocycles. The number of carboxylic acids is 1. The third kappa shape index (κ3) is 1.67. The molecule has 1 N–H and O–H groups in total. The summed E-state index contributed by atoms with van der Waals surface area (Å²) in [5.74, 6) is -0.872. The second-order valence-corrected chi connectivity index (χ2v) is 4.72. The number of likely N-dealkylation sites (tertiary alicyclic amines) is 1. The summed E-state index contributed by atoms with van der Waals surface area (Å²) in [7, 11) is 1.99. The largest absolute Gasteiger partial charge is 0.481 e. The van der Waals surface area contributed by atoms with E-state index in [1.54, 1.807) is 11.3 Å². The number of carboxylic acid groups (broad SMARTS) is 1. The van der Waals surface area contributed by atoms with Crippen LogP contribution in [0.5, 0.6) is 0 Å². The summed E-state index contributed by atoms with van der Waals surface area (Å²) in [5.41, 5.74) is 0. The van der Waals surface area contributed by atoms with E-state index in [4.69, 9.17) is 5.11 Å². The van der Waals surface area contributed by atoms with Crippen molar-refractivity contribution in [3.8, 4) is 0 Å². The molecule has 0 spiro atoms. The highest BCUT2D eigenvalue weighted by atomic mass is 32.1. The molecule has 3 nitrogen and oxygen atoms in total. The maximum Gasteiger partial charge on any atom is 0.307 e. The highest BCUT2D eigenvalue weighted by molar-refractivity contribution is 7.10. The van der Waals surface area contributed by atoms with E-state index in [-0.39, 0.29) is 5.92 Å². The summed E-state index contributed by atoms with van der Waals surface area (Å²) < 4.78 is 0. The lowest BCUT2D eigenvalue weighted by atomic mass is 10.1. The van der Waals surface area contributed by atoms with Gasteiger partial charge in [-0.15, -0.1) is 11.3 Å². The molecule has 1 saturated heterocycles. The fraction of sp³-hybridized carbons (Fsp3) is 0.500. The lowest BCUT2D eigenvalue weighted by molar-refractivity contribution is -0.141. The van der Waals surface area contributed by atoms with Gasteiger partial charge in [0, 0.05) is 17.5 Å². The third-order valence-electron chi connectivity index (χ3n) is 2.77. The number of aliphatic carboxylic acids is 1. The molecule has 1 fully saturated rings. The van der Waals surface area contributed by atoms with Gasteiger partial charge in [0.15, 0.2) is 0 Å². The Labute approximate surface area is 87.0 Å². The molecule has 1 aliphatic rings. The molecular formula is C10H13NO2S. The number of carbonyl (C=O) groups is 1. The van der Waals surface area contributed by atoms with Crippen molar-refractivity contribution >= 4 is 17.3 Å². The van der Waals surface area contributed by atoms with Gasteiger partial charge in [0.05, 0.1) is 5.92 Å². The molecular weight excluding hydrogens is 198 g/mol. The van der Waals surface area contributed by atoms with Crippen LogP contribution in [0.3, 0.4) is 0 Å². The molecule has 1 aromatic heterocycles. The van der Waals surface area contributed by atoms with Crippen molar-refractivity contribution in [2.45, 2.75) is 12.5 Å². The number of hydrogen-bond acceptors (Lipinski definition) is 3. The van der Waals surface area contributed by atoms with Crippen molar-refractivity contribution in [1.29, 1.82) is 0 Å². The topological polar surface area (TPSA) is 40.5 Å². The molecule has 4 heteroatoms. The molecule has 2 atom stereocenters. The van der Waals surface area contributed by atoms with E-state index in [1.165, 1.54) is 4.88 Å². The van der Waals surface area contributed by atoms with Crippen LogP contribution in [0.15, 0.2) is 17.5 Å². The molecule has 0 amide bonds. The molecule has 1 aromatic rings. The molecule has 76 valence electrons. The first-order valence-corrected chi connectivity index (χ1v) is 5.53. The van der Waals surface area contributed by atoms with Crippen LogP contribution in [0.2, 0.25) is 0 Å². The van der Waals surface area contributed by atoms with E-state index < -0.39 is 5.97 Å². The molecule has 14 heavy (non-hydrogen) atoms. The Hall–Kier alpha value is -0.870. The number of hydrogen-bond donors (Lipinski definition) is 1. The van der Waals surface area contributed by atoms with E-state index in [9.17, 15) is 4.79 Å². The predicted octanol–water partition coefficient (Wildman–Crippen LogP) is 1.83. The van der Waals surface area contributed by atoms with Crippen molar-refractivity contribution in [1.82, 2.24) is 4.90 Å². The SMILES string of the molecule is CN1C[C@@H](C(=O)O)C[C@H]1c1cccs1. The van der Waals surface area contributed by atoms with Crippen LogP contribution in [0.1, 0.15) is 17.3 Å². The van der Waals surface area contributed by atoms with Crippen molar-refractivity contribution in [3.05, 3.63) is 22.4 Å². The van der Waals surface area contributed by atoms with Gasteiger partial charge >= 0.3 is 5.97 Å². The van der Waals surface area contributed by atoms with Gasteiger partial charge in [-0.25, -0.2) is 0 Å². The smallest absolute Gasteiger partial charge is 0.307 e. The molecule has 0 radical (unpaired) electrons. The van der Waals surface area contributed by atoms with Gasteiger partial charge in [0.1, 0.15) is 0 Å². The molecule has 0 bridgehead atoms. The van der Waals surface area contributed by atoms with E-state index in [0.29, 0.717) is 12.6 Å². The predicted molar refractivity (Wildman–Crippen MR) is 55.4 cm³/mol. The van der Waals surface area contributed by atoms with Crippen LogP contribution in [0.4, 0.5) is 0 Å². The van der Waals surface area contributed by atoms with Gasteiger partial charge in [0.2, 0.25) is 0 Å².